The summed E-state index contributed by atoms with van der Waals surface area (Å²) in [5, 5.41) is 2.98. The average Bonchev–Trinajstić information content (AvgIpc) is 2.61. The lowest BCUT2D eigenvalue weighted by molar-refractivity contribution is -0.121. The number of benzene rings is 2. The molecule has 0 saturated heterocycles. The summed E-state index contributed by atoms with van der Waals surface area (Å²) in [6.45, 7) is 0.660. The lowest BCUT2D eigenvalue weighted by Gasteiger charge is -2.42. The molecule has 0 radical (unpaired) electrons. The number of amides is 1. The fraction of sp³-hybridized carbons (Fsp3) is 0.350. The number of nitrogens with one attached hydrogen (secondary N) is 2. The summed E-state index contributed by atoms with van der Waals surface area (Å²) in [6, 6.07) is 16.7. The number of rotatable bonds is 8. The highest BCUT2D eigenvalue weighted by Gasteiger charge is 2.38. The second kappa shape index (κ2) is 8.54. The molecule has 0 bridgehead atoms. The molecule has 5 nitrogen and oxygen atoms in total. The average molecular weight is 451 g/mol. The lowest BCUT2D eigenvalue weighted by atomic mass is 9.64. The minimum absolute atomic E-state index is 0.0206. The van der Waals surface area contributed by atoms with Crippen molar-refractivity contribution in [3.63, 3.8) is 0 Å². The Kier molecular flexibility index (Phi) is 6.34. The Hall–Kier alpha value is -1.70. The Morgan fingerprint density at radius 3 is 2.44 bits per heavy atom. The summed E-state index contributed by atoms with van der Waals surface area (Å²) in [4.78, 5) is 12.4. The molecule has 1 aliphatic carbocycles. The highest BCUT2D eigenvalue weighted by Crippen LogP contribution is 2.43. The van der Waals surface area contributed by atoms with E-state index in [9.17, 15) is 13.2 Å². The van der Waals surface area contributed by atoms with Crippen LogP contribution in [0, 0.1) is 0 Å². The van der Waals surface area contributed by atoms with Crippen LogP contribution in [-0.2, 0) is 20.2 Å². The zero-order chi connectivity index (χ0) is 19.3. The van der Waals surface area contributed by atoms with Crippen molar-refractivity contribution in [2.24, 2.45) is 0 Å². The Balaban J connectivity index is 1.49. The SMILES string of the molecule is O=C(CCNS(=O)(=O)c1cccc(Br)c1)NCC1(c2ccccc2)CCC1. The van der Waals surface area contributed by atoms with E-state index in [1.165, 1.54) is 17.7 Å². The van der Waals surface area contributed by atoms with Gasteiger partial charge in [-0.2, -0.15) is 0 Å². The first-order valence-corrected chi connectivity index (χ1v) is 11.3. The molecule has 1 fully saturated rings. The van der Waals surface area contributed by atoms with Gasteiger partial charge in [0.05, 0.1) is 4.90 Å². The summed E-state index contributed by atoms with van der Waals surface area (Å²) in [5.41, 5.74) is 1.28. The van der Waals surface area contributed by atoms with Gasteiger partial charge in [0.1, 0.15) is 0 Å². The summed E-state index contributed by atoms with van der Waals surface area (Å²) >= 11 is 3.26. The summed E-state index contributed by atoms with van der Waals surface area (Å²) in [7, 11) is -3.62. The van der Waals surface area contributed by atoms with E-state index in [2.05, 4.69) is 38.1 Å². The highest BCUT2D eigenvalue weighted by atomic mass is 79.9. The predicted octanol–water partition coefficient (Wildman–Crippen LogP) is 3.36. The smallest absolute Gasteiger partial charge is 0.240 e. The van der Waals surface area contributed by atoms with Crippen molar-refractivity contribution in [3.8, 4) is 0 Å². The van der Waals surface area contributed by atoms with Gasteiger partial charge in [0.15, 0.2) is 0 Å². The van der Waals surface area contributed by atoms with E-state index in [4.69, 9.17) is 0 Å². The second-order valence-electron chi connectivity index (χ2n) is 6.88. The first kappa shape index (κ1) is 20.0. The lowest BCUT2D eigenvalue weighted by Crippen LogP contribution is -2.46. The fourth-order valence-corrected chi connectivity index (χ4v) is 4.96. The zero-order valence-corrected chi connectivity index (χ0v) is 17.4. The van der Waals surface area contributed by atoms with E-state index in [-0.39, 0.29) is 29.2 Å². The molecule has 1 aliphatic rings. The minimum Gasteiger partial charge on any atom is -0.355 e. The molecule has 144 valence electrons. The molecule has 2 N–H and O–H groups in total. The second-order valence-corrected chi connectivity index (χ2v) is 9.56. The van der Waals surface area contributed by atoms with Crippen molar-refractivity contribution in [1.29, 1.82) is 0 Å². The topological polar surface area (TPSA) is 75.3 Å². The molecule has 0 unspecified atom stereocenters. The third-order valence-corrected chi connectivity index (χ3v) is 7.02. The van der Waals surface area contributed by atoms with Gasteiger partial charge in [-0.05, 0) is 36.6 Å². The van der Waals surface area contributed by atoms with Gasteiger partial charge in [-0.1, -0.05) is 58.7 Å². The monoisotopic (exact) mass is 450 g/mol. The molecule has 2 aromatic carbocycles. The highest BCUT2D eigenvalue weighted by molar-refractivity contribution is 9.10. The third-order valence-electron chi connectivity index (χ3n) is 5.07. The maximum Gasteiger partial charge on any atom is 0.240 e. The Labute approximate surface area is 168 Å². The molecule has 1 amide bonds. The number of halogens is 1. The molecule has 0 atom stereocenters. The van der Waals surface area contributed by atoms with E-state index in [1.807, 2.05) is 18.2 Å². The quantitative estimate of drug-likeness (QED) is 0.647. The van der Waals surface area contributed by atoms with Crippen molar-refractivity contribution in [2.45, 2.75) is 36.0 Å². The number of carbonyl (C=O) groups excluding carboxylic acids is 1. The van der Waals surface area contributed by atoms with Crippen LogP contribution >= 0.6 is 15.9 Å². The largest absolute Gasteiger partial charge is 0.355 e. The van der Waals surface area contributed by atoms with Crippen molar-refractivity contribution in [2.75, 3.05) is 13.1 Å². The predicted molar refractivity (Wildman–Crippen MR) is 109 cm³/mol. The molecule has 1 saturated carbocycles. The summed E-state index contributed by atoms with van der Waals surface area (Å²) < 4.78 is 27.7. The van der Waals surface area contributed by atoms with Crippen molar-refractivity contribution >= 4 is 31.9 Å². The van der Waals surface area contributed by atoms with Crippen LogP contribution in [0.25, 0.3) is 0 Å². The number of sulfonamides is 1. The van der Waals surface area contributed by atoms with Crippen LogP contribution in [0.3, 0.4) is 0 Å². The van der Waals surface area contributed by atoms with E-state index < -0.39 is 10.0 Å². The number of hydrogen-bond donors (Lipinski definition) is 2. The van der Waals surface area contributed by atoms with Crippen LogP contribution in [0.4, 0.5) is 0 Å². The number of hydrogen-bond acceptors (Lipinski definition) is 3. The molecule has 2 aromatic rings. The van der Waals surface area contributed by atoms with Gasteiger partial charge < -0.3 is 5.32 Å². The van der Waals surface area contributed by atoms with Gasteiger partial charge in [-0.15, -0.1) is 0 Å². The van der Waals surface area contributed by atoms with Gasteiger partial charge >= 0.3 is 0 Å². The minimum atomic E-state index is -3.62. The maximum absolute atomic E-state index is 12.3. The Morgan fingerprint density at radius 1 is 1.07 bits per heavy atom. The standard InChI is InChI=1S/C20H23BrN2O3S/c21-17-8-4-9-18(14-17)27(25,26)23-13-10-19(24)22-15-20(11-5-12-20)16-6-2-1-3-7-16/h1-4,6-9,14,23H,5,10-13,15H2,(H,22,24). The van der Waals surface area contributed by atoms with Gasteiger partial charge in [-0.25, -0.2) is 13.1 Å². The van der Waals surface area contributed by atoms with Gasteiger partial charge in [0.25, 0.3) is 0 Å². The van der Waals surface area contributed by atoms with Crippen LogP contribution in [-0.4, -0.2) is 27.4 Å². The first-order valence-electron chi connectivity index (χ1n) is 8.99. The zero-order valence-electron chi connectivity index (χ0n) is 14.9. The maximum atomic E-state index is 12.3. The van der Waals surface area contributed by atoms with Crippen LogP contribution in [0.15, 0.2) is 64.0 Å². The van der Waals surface area contributed by atoms with Crippen LogP contribution in [0.1, 0.15) is 31.2 Å². The summed E-state index contributed by atoms with van der Waals surface area (Å²) in [5.74, 6) is -0.144. The molecule has 0 aliphatic heterocycles. The van der Waals surface area contributed by atoms with Gasteiger partial charge in [0.2, 0.25) is 15.9 Å². The van der Waals surface area contributed by atoms with Crippen molar-refractivity contribution < 1.29 is 13.2 Å². The fourth-order valence-electron chi connectivity index (χ4n) is 3.34. The molecular weight excluding hydrogens is 428 g/mol. The molecule has 0 heterocycles. The molecule has 3 rings (SSSR count). The van der Waals surface area contributed by atoms with Crippen LogP contribution < -0.4 is 10.0 Å². The Morgan fingerprint density at radius 2 is 1.81 bits per heavy atom. The van der Waals surface area contributed by atoms with Crippen molar-refractivity contribution in [3.05, 3.63) is 64.6 Å². The first-order chi connectivity index (χ1) is 12.9. The normalized spacial score (nSPS) is 15.7. The van der Waals surface area contributed by atoms with Crippen molar-refractivity contribution in [1.82, 2.24) is 10.0 Å². The van der Waals surface area contributed by atoms with E-state index in [1.54, 1.807) is 12.1 Å². The molecule has 0 spiro atoms. The summed E-state index contributed by atoms with van der Waals surface area (Å²) in [6.07, 6.45) is 3.40. The third kappa shape index (κ3) is 4.97. The molecule has 0 aromatic heterocycles. The van der Waals surface area contributed by atoms with E-state index in [0.29, 0.717) is 11.0 Å². The van der Waals surface area contributed by atoms with Gasteiger partial charge in [0, 0.05) is 29.4 Å². The molecular formula is C20H23BrN2O3S. The molecule has 7 heteroatoms. The molecule has 27 heavy (non-hydrogen) atoms. The van der Waals surface area contributed by atoms with Crippen LogP contribution in [0.2, 0.25) is 0 Å². The van der Waals surface area contributed by atoms with E-state index in [0.717, 1.165) is 19.3 Å². The number of carbonyl (C=O) groups is 1. The van der Waals surface area contributed by atoms with Crippen LogP contribution in [0.5, 0.6) is 0 Å². The van der Waals surface area contributed by atoms with E-state index >= 15 is 0 Å². The van der Waals surface area contributed by atoms with Gasteiger partial charge in [-0.3, -0.25) is 4.79 Å². The Bertz CT molecular complexity index is 896.